The number of pyridine rings is 1. The van der Waals surface area contributed by atoms with Crippen molar-refractivity contribution < 1.29 is 0 Å². The fraction of sp³-hybridized carbons (Fsp3) is 0.0500. The number of aryl methyl sites for hydroxylation is 1. The summed E-state index contributed by atoms with van der Waals surface area (Å²) in [6.45, 7) is 9.64. The molecule has 0 radical (unpaired) electrons. The Morgan fingerprint density at radius 3 is 2.65 bits per heavy atom. The second-order valence-electron chi connectivity index (χ2n) is 5.52. The smallest absolute Gasteiger partial charge is 0.0730 e. The quantitative estimate of drug-likeness (QED) is 0.698. The van der Waals surface area contributed by atoms with Crippen molar-refractivity contribution in [3.8, 4) is 11.3 Å². The van der Waals surface area contributed by atoms with Crippen LogP contribution in [0.15, 0.2) is 55.6 Å². The lowest BCUT2D eigenvalue weighted by Crippen LogP contribution is -1.97. The largest absolute Gasteiger partial charge is 0.399 e. The van der Waals surface area contributed by atoms with Gasteiger partial charge in [-0.2, -0.15) is 0 Å². The molecule has 0 saturated heterocycles. The van der Waals surface area contributed by atoms with E-state index in [2.05, 4.69) is 13.2 Å². The maximum atomic E-state index is 6.43. The lowest BCUT2D eigenvalue weighted by molar-refractivity contribution is 1.36. The van der Waals surface area contributed by atoms with Gasteiger partial charge in [0.2, 0.25) is 0 Å². The van der Waals surface area contributed by atoms with Gasteiger partial charge >= 0.3 is 0 Å². The summed E-state index contributed by atoms with van der Waals surface area (Å²) in [5.74, 6) is 0. The van der Waals surface area contributed by atoms with Gasteiger partial charge < -0.3 is 5.73 Å². The summed E-state index contributed by atoms with van der Waals surface area (Å²) in [5.41, 5.74) is 12.1. The van der Waals surface area contributed by atoms with Gasteiger partial charge in [0.25, 0.3) is 0 Å². The van der Waals surface area contributed by atoms with Crippen LogP contribution in [0.5, 0.6) is 0 Å². The minimum Gasteiger partial charge on any atom is -0.399 e. The average Bonchev–Trinajstić information content (AvgIpc) is 2.54. The number of hydrogen-bond donors (Lipinski definition) is 1. The van der Waals surface area contributed by atoms with Gasteiger partial charge in [0, 0.05) is 22.2 Å². The van der Waals surface area contributed by atoms with Gasteiger partial charge in [-0.3, -0.25) is 0 Å². The number of fused-ring (bicyclic) bond motifs is 1. The van der Waals surface area contributed by atoms with Crippen LogP contribution >= 0.6 is 11.6 Å². The molecule has 0 spiro atoms. The van der Waals surface area contributed by atoms with E-state index >= 15 is 0 Å². The molecule has 3 rings (SSSR count). The zero-order valence-electron chi connectivity index (χ0n) is 12.9. The third-order valence-corrected chi connectivity index (χ3v) is 4.21. The highest BCUT2D eigenvalue weighted by atomic mass is 35.5. The molecule has 0 bridgehead atoms. The first-order valence-electron chi connectivity index (χ1n) is 7.28. The Labute approximate surface area is 140 Å². The maximum absolute atomic E-state index is 6.43. The van der Waals surface area contributed by atoms with E-state index in [0.29, 0.717) is 10.7 Å². The second kappa shape index (κ2) is 5.90. The van der Waals surface area contributed by atoms with Gasteiger partial charge in [-0.05, 0) is 36.2 Å². The highest BCUT2D eigenvalue weighted by molar-refractivity contribution is 6.35. The van der Waals surface area contributed by atoms with Crippen LogP contribution in [0, 0.1) is 6.92 Å². The SMILES string of the molecule is C=Cc1ccc2c(Cl)cc(-c3ccc(C)c(C(=C)N)c3)nc2c1. The molecule has 2 nitrogen and oxygen atoms in total. The van der Waals surface area contributed by atoms with Gasteiger partial charge in [-0.15, -0.1) is 0 Å². The van der Waals surface area contributed by atoms with E-state index in [4.69, 9.17) is 22.3 Å². The first-order valence-corrected chi connectivity index (χ1v) is 7.66. The summed E-state index contributed by atoms with van der Waals surface area (Å²) in [7, 11) is 0. The van der Waals surface area contributed by atoms with Crippen LogP contribution in [0.3, 0.4) is 0 Å². The van der Waals surface area contributed by atoms with E-state index in [-0.39, 0.29) is 0 Å². The molecule has 2 aromatic carbocycles. The van der Waals surface area contributed by atoms with Crippen LogP contribution in [0.2, 0.25) is 5.02 Å². The van der Waals surface area contributed by atoms with E-state index in [0.717, 1.165) is 38.9 Å². The van der Waals surface area contributed by atoms with E-state index in [1.54, 1.807) is 6.08 Å². The molecular weight excluding hydrogens is 304 g/mol. The summed E-state index contributed by atoms with van der Waals surface area (Å²) in [4.78, 5) is 4.74. The second-order valence-corrected chi connectivity index (χ2v) is 5.93. The number of nitrogens with zero attached hydrogens (tertiary/aromatic N) is 1. The van der Waals surface area contributed by atoms with E-state index < -0.39 is 0 Å². The van der Waals surface area contributed by atoms with Gasteiger partial charge in [-0.1, -0.05) is 55.1 Å². The monoisotopic (exact) mass is 320 g/mol. The number of benzene rings is 2. The van der Waals surface area contributed by atoms with E-state index in [1.807, 2.05) is 49.4 Å². The Bertz CT molecular complexity index is 942. The molecule has 0 fully saturated rings. The first kappa shape index (κ1) is 15.3. The molecule has 2 N–H and O–H groups in total. The minimum absolute atomic E-state index is 0.546. The van der Waals surface area contributed by atoms with Crippen LogP contribution in [0.25, 0.3) is 33.9 Å². The zero-order valence-corrected chi connectivity index (χ0v) is 13.7. The molecule has 0 aliphatic rings. The highest BCUT2D eigenvalue weighted by Crippen LogP contribution is 2.30. The molecule has 1 aromatic heterocycles. The lowest BCUT2D eigenvalue weighted by atomic mass is 10.0. The highest BCUT2D eigenvalue weighted by Gasteiger charge is 2.09. The fourth-order valence-electron chi connectivity index (χ4n) is 2.61. The Morgan fingerprint density at radius 2 is 1.96 bits per heavy atom. The third kappa shape index (κ3) is 2.86. The van der Waals surface area contributed by atoms with E-state index in [1.165, 1.54) is 0 Å². The lowest BCUT2D eigenvalue weighted by Gasteiger charge is -2.10. The third-order valence-electron chi connectivity index (χ3n) is 3.90. The van der Waals surface area contributed by atoms with Crippen molar-refractivity contribution in [3.05, 3.63) is 77.3 Å². The van der Waals surface area contributed by atoms with Crippen LogP contribution < -0.4 is 5.73 Å². The van der Waals surface area contributed by atoms with Crippen molar-refractivity contribution in [1.29, 1.82) is 0 Å². The van der Waals surface area contributed by atoms with Gasteiger partial charge in [-0.25, -0.2) is 4.98 Å². The summed E-state index contributed by atoms with van der Waals surface area (Å²) in [6.07, 6.45) is 1.80. The van der Waals surface area contributed by atoms with Gasteiger partial charge in [0.05, 0.1) is 16.2 Å². The molecule has 0 atom stereocenters. The van der Waals surface area contributed by atoms with Crippen LogP contribution in [-0.2, 0) is 0 Å². The number of aromatic nitrogens is 1. The minimum atomic E-state index is 0.546. The van der Waals surface area contributed by atoms with Gasteiger partial charge in [0.15, 0.2) is 0 Å². The summed E-state index contributed by atoms with van der Waals surface area (Å²) in [6, 6.07) is 13.8. The van der Waals surface area contributed by atoms with E-state index in [9.17, 15) is 0 Å². The summed E-state index contributed by atoms with van der Waals surface area (Å²) >= 11 is 6.43. The molecule has 0 unspecified atom stereocenters. The molecular formula is C20H17ClN2. The number of rotatable bonds is 3. The molecule has 23 heavy (non-hydrogen) atoms. The van der Waals surface area contributed by atoms with Crippen molar-refractivity contribution in [2.45, 2.75) is 6.92 Å². The molecule has 0 aliphatic carbocycles. The number of hydrogen-bond acceptors (Lipinski definition) is 2. The molecule has 114 valence electrons. The summed E-state index contributed by atoms with van der Waals surface area (Å²) < 4.78 is 0. The Morgan fingerprint density at radius 1 is 1.17 bits per heavy atom. The van der Waals surface area contributed by atoms with Crippen molar-refractivity contribution in [1.82, 2.24) is 4.98 Å². The molecule has 3 heteroatoms. The normalized spacial score (nSPS) is 10.7. The average molecular weight is 321 g/mol. The predicted octanol–water partition coefficient (Wildman–Crippen LogP) is 5.44. The topological polar surface area (TPSA) is 38.9 Å². The Kier molecular flexibility index (Phi) is 3.93. The van der Waals surface area contributed by atoms with Crippen molar-refractivity contribution in [2.75, 3.05) is 0 Å². The van der Waals surface area contributed by atoms with Crippen molar-refractivity contribution >= 4 is 34.3 Å². The molecule has 3 aromatic rings. The predicted molar refractivity (Wildman–Crippen MR) is 100 cm³/mol. The Balaban J connectivity index is 2.22. The molecule has 0 amide bonds. The molecule has 1 heterocycles. The standard InChI is InChI=1S/C20H17ClN2/c1-4-14-6-8-16-18(21)11-19(23-20(16)9-14)15-7-5-12(2)17(10-15)13(3)22/h4-11H,1,3,22H2,2H3. The van der Waals surface area contributed by atoms with Crippen LogP contribution in [0.1, 0.15) is 16.7 Å². The van der Waals surface area contributed by atoms with Crippen molar-refractivity contribution in [3.63, 3.8) is 0 Å². The maximum Gasteiger partial charge on any atom is 0.0730 e. The summed E-state index contributed by atoms with van der Waals surface area (Å²) in [5, 5.41) is 1.60. The zero-order chi connectivity index (χ0) is 16.6. The number of halogens is 1. The van der Waals surface area contributed by atoms with Crippen LogP contribution in [-0.4, -0.2) is 4.98 Å². The Hall–Kier alpha value is -2.58. The number of nitrogens with two attached hydrogens (primary N) is 1. The van der Waals surface area contributed by atoms with Gasteiger partial charge in [0.1, 0.15) is 0 Å². The van der Waals surface area contributed by atoms with Crippen LogP contribution in [0.4, 0.5) is 0 Å². The fourth-order valence-corrected chi connectivity index (χ4v) is 2.87. The van der Waals surface area contributed by atoms with Crippen molar-refractivity contribution in [2.24, 2.45) is 5.73 Å². The molecule has 0 aliphatic heterocycles. The molecule has 0 saturated carbocycles. The first-order chi connectivity index (χ1) is 11.0.